The van der Waals surface area contributed by atoms with Crippen molar-refractivity contribution >= 4 is 11.0 Å². The van der Waals surface area contributed by atoms with Crippen LogP contribution in [0.3, 0.4) is 0 Å². The molecule has 3 heterocycles. The van der Waals surface area contributed by atoms with Crippen LogP contribution < -0.4 is 5.43 Å². The minimum atomic E-state index is -1.88. The summed E-state index contributed by atoms with van der Waals surface area (Å²) in [5, 5.41) is 91.7. The molecule has 0 spiro atoms. The largest absolute Gasteiger partial charge is 0.508 e. The molecule has 2 aliphatic heterocycles. The second-order valence-corrected chi connectivity index (χ2v) is 9.66. The first-order valence-corrected chi connectivity index (χ1v) is 12.3. The zero-order chi connectivity index (χ0) is 28.9. The van der Waals surface area contributed by atoms with Crippen LogP contribution in [0.2, 0.25) is 0 Å². The molecule has 14 heteroatoms. The Morgan fingerprint density at radius 3 is 2.12 bits per heavy atom. The lowest BCUT2D eigenvalue weighted by molar-refractivity contribution is -0.254. The van der Waals surface area contributed by atoms with E-state index in [9.17, 15) is 50.8 Å². The normalized spacial score (nSPS) is 32.5. The quantitative estimate of drug-likeness (QED) is 0.167. The predicted octanol–water partition coefficient (Wildman–Crippen LogP) is -1.45. The Balaban J connectivity index is 1.45. The van der Waals surface area contributed by atoms with Gasteiger partial charge in [-0.1, -0.05) is 0 Å². The maximum atomic E-state index is 13.0. The highest BCUT2D eigenvalue weighted by atomic mass is 16.7. The Kier molecular flexibility index (Phi) is 7.71. The summed E-state index contributed by atoms with van der Waals surface area (Å²) in [4.78, 5) is 13.0. The maximum absolute atomic E-state index is 13.0. The molecule has 9 atom stereocenters. The van der Waals surface area contributed by atoms with E-state index in [-0.39, 0.29) is 22.5 Å². The third kappa shape index (κ3) is 4.89. The topological polar surface area (TPSA) is 240 Å². The first kappa shape index (κ1) is 28.2. The summed E-state index contributed by atoms with van der Waals surface area (Å²) in [6.45, 7) is -1.15. The number of phenols is 3. The van der Waals surface area contributed by atoms with Gasteiger partial charge in [0, 0.05) is 17.7 Å². The molecule has 40 heavy (non-hydrogen) atoms. The molecule has 5 rings (SSSR count). The first-order valence-electron chi connectivity index (χ1n) is 12.3. The van der Waals surface area contributed by atoms with Gasteiger partial charge in [0.2, 0.25) is 0 Å². The highest BCUT2D eigenvalue weighted by Crippen LogP contribution is 2.45. The third-order valence-corrected chi connectivity index (χ3v) is 7.08. The third-order valence-electron chi connectivity index (χ3n) is 7.08. The molecule has 0 radical (unpaired) electrons. The summed E-state index contributed by atoms with van der Waals surface area (Å²) < 4.78 is 22.0. The molecule has 14 nitrogen and oxygen atoms in total. The molecule has 0 aliphatic carbocycles. The van der Waals surface area contributed by atoms with E-state index < -0.39 is 90.8 Å². The molecule has 216 valence electrons. The lowest BCUT2D eigenvalue weighted by Crippen LogP contribution is -2.56. The fraction of sp³-hybridized carbons (Fsp3) is 0.423. The molecular formula is C26H28O14. The van der Waals surface area contributed by atoms with Gasteiger partial charge in [0.15, 0.2) is 11.7 Å². The summed E-state index contributed by atoms with van der Waals surface area (Å²) in [6, 6.07) is 7.86. The van der Waals surface area contributed by atoms with Crippen molar-refractivity contribution in [3.8, 4) is 28.6 Å². The van der Waals surface area contributed by atoms with Gasteiger partial charge in [-0.15, -0.1) is 0 Å². The van der Waals surface area contributed by atoms with E-state index in [2.05, 4.69) is 0 Å². The molecule has 3 aromatic rings. The van der Waals surface area contributed by atoms with Crippen molar-refractivity contribution in [2.24, 2.45) is 0 Å². The Morgan fingerprint density at radius 1 is 0.800 bits per heavy atom. The Morgan fingerprint density at radius 2 is 1.48 bits per heavy atom. The summed E-state index contributed by atoms with van der Waals surface area (Å²) in [6.07, 6.45) is -14.1. The fourth-order valence-corrected chi connectivity index (χ4v) is 4.87. The van der Waals surface area contributed by atoms with Crippen LogP contribution in [0.1, 0.15) is 11.7 Å². The number of aliphatic hydroxyl groups excluding tert-OH is 6. The maximum Gasteiger partial charge on any atom is 0.197 e. The Hall–Kier alpha value is -3.31. The number of hydrogen-bond acceptors (Lipinski definition) is 14. The minimum absolute atomic E-state index is 0.00670. The fourth-order valence-electron chi connectivity index (χ4n) is 4.87. The molecular weight excluding hydrogens is 536 g/mol. The van der Waals surface area contributed by atoms with Crippen molar-refractivity contribution < 1.29 is 64.6 Å². The SMILES string of the molecule is O=c1cc(-c2ccc(O)cc2)oc2cc(O)c(C3O[C@H](CO[C@@H]4O[C@H](CO)[C@@H](O)[C@@H]4O)[C@@H](O)[C@H](O)[C@H]3O)c(O)c12. The standard InChI is InChI=1S/C26H28O14/c27-7-15-19(31)24(36)26(40-15)37-8-16-20(32)22(34)23(35)25(39-16)18-12(30)6-14-17(21(18)33)11(29)5-13(38-14)9-1-3-10(28)4-2-9/h1-6,15-16,19-20,22-28,30-36H,7-8H2/t15-,16-,19-,20-,22+,23-,24+,25?,26-/m1/s1. The Bertz CT molecular complexity index is 1420. The van der Waals surface area contributed by atoms with Crippen LogP contribution in [-0.2, 0) is 14.2 Å². The molecule has 0 amide bonds. The zero-order valence-electron chi connectivity index (χ0n) is 20.6. The molecule has 2 aromatic carbocycles. The van der Waals surface area contributed by atoms with E-state index >= 15 is 0 Å². The molecule has 2 fully saturated rings. The molecule has 2 aliphatic rings. The average Bonchev–Trinajstić information content (AvgIpc) is 3.20. The summed E-state index contributed by atoms with van der Waals surface area (Å²) in [5.41, 5.74) is -0.948. The summed E-state index contributed by atoms with van der Waals surface area (Å²) in [7, 11) is 0. The van der Waals surface area contributed by atoms with Gasteiger partial charge < -0.3 is 64.6 Å². The van der Waals surface area contributed by atoms with Gasteiger partial charge in [0.25, 0.3) is 0 Å². The van der Waals surface area contributed by atoms with Crippen LogP contribution in [0.15, 0.2) is 45.6 Å². The highest BCUT2D eigenvalue weighted by Gasteiger charge is 2.48. The monoisotopic (exact) mass is 564 g/mol. The number of fused-ring (bicyclic) bond motifs is 1. The van der Waals surface area contributed by atoms with Crippen LogP contribution in [-0.4, -0.2) is 108 Å². The van der Waals surface area contributed by atoms with Gasteiger partial charge in [-0.05, 0) is 24.3 Å². The van der Waals surface area contributed by atoms with Crippen molar-refractivity contribution in [3.05, 3.63) is 52.2 Å². The lowest BCUT2D eigenvalue weighted by Gasteiger charge is -2.41. The van der Waals surface area contributed by atoms with Gasteiger partial charge in [-0.25, -0.2) is 0 Å². The van der Waals surface area contributed by atoms with E-state index in [4.69, 9.17) is 18.6 Å². The molecule has 2 saturated heterocycles. The first-order chi connectivity index (χ1) is 19.0. The molecule has 1 aromatic heterocycles. The number of hydrogen-bond donors (Lipinski definition) is 9. The van der Waals surface area contributed by atoms with E-state index in [1.807, 2.05) is 0 Å². The summed E-state index contributed by atoms with van der Waals surface area (Å²) >= 11 is 0. The predicted molar refractivity (Wildman–Crippen MR) is 132 cm³/mol. The van der Waals surface area contributed by atoms with Crippen LogP contribution >= 0.6 is 0 Å². The molecule has 0 bridgehead atoms. The van der Waals surface area contributed by atoms with Crippen molar-refractivity contribution in [2.75, 3.05) is 13.2 Å². The number of ether oxygens (including phenoxy) is 3. The second kappa shape index (κ2) is 10.9. The van der Waals surface area contributed by atoms with Crippen molar-refractivity contribution in [3.63, 3.8) is 0 Å². The second-order valence-electron chi connectivity index (χ2n) is 9.66. The van der Waals surface area contributed by atoms with Gasteiger partial charge in [0.05, 0.1) is 18.8 Å². The van der Waals surface area contributed by atoms with Gasteiger partial charge >= 0.3 is 0 Å². The van der Waals surface area contributed by atoms with E-state index in [1.165, 1.54) is 24.3 Å². The van der Waals surface area contributed by atoms with Crippen molar-refractivity contribution in [1.82, 2.24) is 0 Å². The van der Waals surface area contributed by atoms with Gasteiger partial charge in [-0.3, -0.25) is 4.79 Å². The zero-order valence-corrected chi connectivity index (χ0v) is 20.6. The van der Waals surface area contributed by atoms with Gasteiger partial charge in [0.1, 0.15) is 82.8 Å². The molecule has 1 unspecified atom stereocenters. The molecule has 9 N–H and O–H groups in total. The number of phenolic OH excluding ortho intramolecular Hbond substituents is 3. The van der Waals surface area contributed by atoms with Gasteiger partial charge in [-0.2, -0.15) is 0 Å². The van der Waals surface area contributed by atoms with Crippen molar-refractivity contribution in [2.45, 2.75) is 55.1 Å². The number of aliphatic hydroxyl groups is 6. The number of aromatic hydroxyl groups is 3. The van der Waals surface area contributed by atoms with Crippen molar-refractivity contribution in [1.29, 1.82) is 0 Å². The van der Waals surface area contributed by atoms with Crippen LogP contribution in [0.25, 0.3) is 22.3 Å². The van der Waals surface area contributed by atoms with Crippen LogP contribution in [0, 0.1) is 0 Å². The Labute approximate surface area is 225 Å². The molecule has 0 saturated carbocycles. The van der Waals surface area contributed by atoms with E-state index in [0.29, 0.717) is 5.56 Å². The van der Waals surface area contributed by atoms with Crippen LogP contribution in [0.4, 0.5) is 0 Å². The van der Waals surface area contributed by atoms with Crippen LogP contribution in [0.5, 0.6) is 17.2 Å². The number of benzene rings is 2. The van der Waals surface area contributed by atoms with E-state index in [0.717, 1.165) is 12.1 Å². The smallest absolute Gasteiger partial charge is 0.197 e. The summed E-state index contributed by atoms with van der Waals surface area (Å²) in [5.74, 6) is -1.38. The average molecular weight is 564 g/mol. The lowest BCUT2D eigenvalue weighted by atomic mass is 9.89. The number of rotatable bonds is 6. The highest BCUT2D eigenvalue weighted by molar-refractivity contribution is 5.88. The van der Waals surface area contributed by atoms with E-state index in [1.54, 1.807) is 0 Å². The minimum Gasteiger partial charge on any atom is -0.508 e.